The maximum absolute atomic E-state index is 10.4. The lowest BCUT2D eigenvalue weighted by Crippen LogP contribution is -2.33. The molecule has 0 bridgehead atoms. The zero-order chi connectivity index (χ0) is 11.7. The van der Waals surface area contributed by atoms with Crippen LogP contribution in [0, 0.1) is 11.8 Å². The topological polar surface area (TPSA) is 38.7 Å². The van der Waals surface area contributed by atoms with E-state index in [1.807, 2.05) is 0 Å². The van der Waals surface area contributed by atoms with Crippen LogP contribution in [0.1, 0.15) is 33.6 Å². The molecule has 2 heterocycles. The Morgan fingerprint density at radius 1 is 1.31 bits per heavy atom. The molecule has 16 heavy (non-hydrogen) atoms. The second-order valence-corrected chi connectivity index (χ2v) is 5.09. The molecular formula is C13H22O3. The second-order valence-electron chi connectivity index (χ2n) is 5.09. The number of aliphatic hydroxyl groups excluding tert-OH is 1. The monoisotopic (exact) mass is 226 g/mol. The van der Waals surface area contributed by atoms with Crippen LogP contribution >= 0.6 is 0 Å². The highest BCUT2D eigenvalue weighted by Crippen LogP contribution is 2.37. The van der Waals surface area contributed by atoms with Gasteiger partial charge in [0.1, 0.15) is 0 Å². The predicted octanol–water partition coefficient (Wildman–Crippen LogP) is 2.10. The molecule has 0 aromatic carbocycles. The lowest BCUT2D eigenvalue weighted by Gasteiger charge is -2.28. The number of ether oxygens (including phenoxy) is 2. The van der Waals surface area contributed by atoms with Gasteiger partial charge in [0.05, 0.1) is 31.2 Å². The van der Waals surface area contributed by atoms with Gasteiger partial charge in [-0.3, -0.25) is 0 Å². The van der Waals surface area contributed by atoms with Crippen LogP contribution < -0.4 is 0 Å². The Labute approximate surface area is 97.4 Å². The zero-order valence-electron chi connectivity index (χ0n) is 10.3. The highest BCUT2D eigenvalue weighted by atomic mass is 16.5. The Bertz CT molecular complexity index is 274. The van der Waals surface area contributed by atoms with Gasteiger partial charge in [-0.2, -0.15) is 0 Å². The quantitative estimate of drug-likeness (QED) is 0.783. The molecule has 5 unspecified atom stereocenters. The average molecular weight is 226 g/mol. The highest BCUT2D eigenvalue weighted by Gasteiger charge is 2.42. The van der Waals surface area contributed by atoms with E-state index < -0.39 is 6.10 Å². The van der Waals surface area contributed by atoms with Gasteiger partial charge in [-0.25, -0.2) is 0 Å². The molecule has 0 spiro atoms. The van der Waals surface area contributed by atoms with Crippen LogP contribution in [0.15, 0.2) is 11.8 Å². The maximum atomic E-state index is 10.4. The maximum Gasteiger partial charge on any atom is 0.0876 e. The van der Waals surface area contributed by atoms with Crippen molar-refractivity contribution < 1.29 is 14.6 Å². The Balaban J connectivity index is 2.08. The molecule has 1 saturated heterocycles. The van der Waals surface area contributed by atoms with Crippen molar-refractivity contribution in [1.82, 2.24) is 0 Å². The number of hydrogen-bond acceptors (Lipinski definition) is 3. The Morgan fingerprint density at radius 3 is 2.56 bits per heavy atom. The molecule has 0 aromatic rings. The summed E-state index contributed by atoms with van der Waals surface area (Å²) in [7, 11) is 0. The third kappa shape index (κ3) is 2.11. The van der Waals surface area contributed by atoms with Gasteiger partial charge in [0.2, 0.25) is 0 Å². The third-order valence-corrected chi connectivity index (χ3v) is 4.03. The van der Waals surface area contributed by atoms with Crippen LogP contribution in [-0.2, 0) is 9.47 Å². The molecule has 0 saturated carbocycles. The van der Waals surface area contributed by atoms with Gasteiger partial charge in [0.15, 0.2) is 0 Å². The Kier molecular flexibility index (Phi) is 3.55. The molecule has 1 N–H and O–H groups in total. The minimum absolute atomic E-state index is 0.128. The first-order valence-electron chi connectivity index (χ1n) is 6.25. The molecule has 92 valence electrons. The normalized spacial score (nSPS) is 41.4. The summed E-state index contributed by atoms with van der Waals surface area (Å²) < 4.78 is 11.1. The SMILES string of the molecule is CC1OC(C)C(C(O)C2=COCCC2)C1C. The van der Waals surface area contributed by atoms with Gasteiger partial charge in [-0.1, -0.05) is 6.92 Å². The van der Waals surface area contributed by atoms with Crippen molar-refractivity contribution in [1.29, 1.82) is 0 Å². The van der Waals surface area contributed by atoms with Gasteiger partial charge in [-0.05, 0) is 38.2 Å². The van der Waals surface area contributed by atoms with Crippen molar-refractivity contribution in [2.75, 3.05) is 6.61 Å². The summed E-state index contributed by atoms with van der Waals surface area (Å²) in [5.41, 5.74) is 1.03. The fraction of sp³-hybridized carbons (Fsp3) is 0.846. The van der Waals surface area contributed by atoms with Crippen LogP contribution in [0.2, 0.25) is 0 Å². The van der Waals surface area contributed by atoms with Gasteiger partial charge >= 0.3 is 0 Å². The summed E-state index contributed by atoms with van der Waals surface area (Å²) in [6, 6.07) is 0. The lowest BCUT2D eigenvalue weighted by atomic mass is 9.81. The number of aliphatic hydroxyl groups is 1. The molecule has 5 atom stereocenters. The van der Waals surface area contributed by atoms with E-state index in [2.05, 4.69) is 20.8 Å². The van der Waals surface area contributed by atoms with Crippen molar-refractivity contribution >= 4 is 0 Å². The van der Waals surface area contributed by atoms with E-state index in [0.29, 0.717) is 5.92 Å². The molecule has 3 heteroatoms. The van der Waals surface area contributed by atoms with E-state index in [4.69, 9.17) is 9.47 Å². The van der Waals surface area contributed by atoms with E-state index in [0.717, 1.165) is 25.0 Å². The van der Waals surface area contributed by atoms with Crippen molar-refractivity contribution in [2.45, 2.75) is 51.9 Å². The van der Waals surface area contributed by atoms with E-state index in [9.17, 15) is 5.11 Å². The Morgan fingerprint density at radius 2 is 2.06 bits per heavy atom. The summed E-state index contributed by atoms with van der Waals surface area (Å²) in [4.78, 5) is 0. The minimum atomic E-state index is -0.407. The average Bonchev–Trinajstić information content (AvgIpc) is 2.54. The summed E-state index contributed by atoms with van der Waals surface area (Å²) >= 11 is 0. The first-order valence-corrected chi connectivity index (χ1v) is 6.25. The molecular weight excluding hydrogens is 204 g/mol. The molecule has 0 radical (unpaired) electrons. The standard InChI is InChI=1S/C13H22O3/c1-8-9(2)16-10(3)12(8)13(14)11-5-4-6-15-7-11/h7-10,12-14H,4-6H2,1-3H3. The van der Waals surface area contributed by atoms with Gasteiger partial charge in [0.25, 0.3) is 0 Å². The number of rotatable bonds is 2. The van der Waals surface area contributed by atoms with Gasteiger partial charge in [0, 0.05) is 5.92 Å². The largest absolute Gasteiger partial charge is 0.501 e. The fourth-order valence-corrected chi connectivity index (χ4v) is 2.89. The molecule has 2 aliphatic rings. The van der Waals surface area contributed by atoms with Crippen LogP contribution in [0.3, 0.4) is 0 Å². The van der Waals surface area contributed by atoms with Crippen molar-refractivity contribution in [3.05, 3.63) is 11.8 Å². The highest BCUT2D eigenvalue weighted by molar-refractivity contribution is 5.11. The molecule has 0 aliphatic carbocycles. The molecule has 0 aromatic heterocycles. The summed E-state index contributed by atoms with van der Waals surface area (Å²) in [5.74, 6) is 0.593. The third-order valence-electron chi connectivity index (χ3n) is 4.03. The second kappa shape index (κ2) is 4.76. The van der Waals surface area contributed by atoms with Gasteiger partial charge < -0.3 is 14.6 Å². The smallest absolute Gasteiger partial charge is 0.0876 e. The van der Waals surface area contributed by atoms with E-state index in [-0.39, 0.29) is 18.1 Å². The lowest BCUT2D eigenvalue weighted by molar-refractivity contribution is 0.0302. The van der Waals surface area contributed by atoms with Crippen LogP contribution in [-0.4, -0.2) is 30.0 Å². The van der Waals surface area contributed by atoms with Crippen molar-refractivity contribution in [3.63, 3.8) is 0 Å². The van der Waals surface area contributed by atoms with Crippen LogP contribution in [0.25, 0.3) is 0 Å². The van der Waals surface area contributed by atoms with Crippen LogP contribution in [0.4, 0.5) is 0 Å². The van der Waals surface area contributed by atoms with E-state index in [1.54, 1.807) is 6.26 Å². The zero-order valence-corrected chi connectivity index (χ0v) is 10.3. The van der Waals surface area contributed by atoms with Crippen molar-refractivity contribution in [3.8, 4) is 0 Å². The minimum Gasteiger partial charge on any atom is -0.501 e. The van der Waals surface area contributed by atoms with E-state index >= 15 is 0 Å². The molecule has 0 amide bonds. The fourth-order valence-electron chi connectivity index (χ4n) is 2.89. The molecule has 2 rings (SSSR count). The molecule has 2 aliphatic heterocycles. The van der Waals surface area contributed by atoms with Crippen molar-refractivity contribution in [2.24, 2.45) is 11.8 Å². The molecule has 1 fully saturated rings. The summed E-state index contributed by atoms with van der Waals surface area (Å²) in [6.07, 6.45) is 3.66. The Hall–Kier alpha value is -0.540. The first kappa shape index (κ1) is 11.9. The first-order chi connectivity index (χ1) is 7.61. The van der Waals surface area contributed by atoms with Crippen LogP contribution in [0.5, 0.6) is 0 Å². The number of hydrogen-bond donors (Lipinski definition) is 1. The summed E-state index contributed by atoms with van der Waals surface area (Å²) in [6.45, 7) is 7.07. The summed E-state index contributed by atoms with van der Waals surface area (Å²) in [5, 5.41) is 10.4. The van der Waals surface area contributed by atoms with Gasteiger partial charge in [-0.15, -0.1) is 0 Å². The molecule has 3 nitrogen and oxygen atoms in total. The predicted molar refractivity (Wildman–Crippen MR) is 61.9 cm³/mol. The van der Waals surface area contributed by atoms with E-state index in [1.165, 1.54) is 0 Å².